The molecule has 2 atom stereocenters. The standard InChI is InChI=1S/C15H23NO5/c1-15(2,3)21-14(18)16-6-8-19-10-11(16)9-12(17)13-5-4-7-20-13/h4-5,7,11-12,17H,6,8-10H2,1-3H3. The highest BCUT2D eigenvalue weighted by Crippen LogP contribution is 2.24. The van der Waals surface area contributed by atoms with Crippen molar-refractivity contribution >= 4 is 6.09 Å². The summed E-state index contributed by atoms with van der Waals surface area (Å²) in [5, 5.41) is 10.2. The molecule has 0 saturated carbocycles. The molecule has 0 aliphatic carbocycles. The van der Waals surface area contributed by atoms with Gasteiger partial charge in [0.25, 0.3) is 0 Å². The van der Waals surface area contributed by atoms with Gasteiger partial charge in [0, 0.05) is 13.0 Å². The van der Waals surface area contributed by atoms with E-state index in [4.69, 9.17) is 13.9 Å². The van der Waals surface area contributed by atoms with Crippen LogP contribution in [0.15, 0.2) is 22.8 Å². The number of carbonyl (C=O) groups is 1. The molecule has 2 rings (SSSR count). The van der Waals surface area contributed by atoms with E-state index in [1.54, 1.807) is 17.0 Å². The number of hydrogen-bond acceptors (Lipinski definition) is 5. The first-order valence-electron chi connectivity index (χ1n) is 7.15. The van der Waals surface area contributed by atoms with Crippen LogP contribution in [0, 0.1) is 0 Å². The van der Waals surface area contributed by atoms with Crippen LogP contribution in [0.1, 0.15) is 39.1 Å². The minimum Gasteiger partial charge on any atom is -0.467 e. The van der Waals surface area contributed by atoms with Crippen molar-refractivity contribution in [1.82, 2.24) is 4.90 Å². The van der Waals surface area contributed by atoms with Crippen molar-refractivity contribution < 1.29 is 23.8 Å². The molecule has 0 bridgehead atoms. The SMILES string of the molecule is CC(C)(C)OC(=O)N1CCOCC1CC(O)c1ccco1. The summed E-state index contributed by atoms with van der Waals surface area (Å²) in [7, 11) is 0. The molecule has 1 aliphatic rings. The first-order chi connectivity index (χ1) is 9.87. The number of rotatable bonds is 3. The number of morpholine rings is 1. The Balaban J connectivity index is 2.00. The van der Waals surface area contributed by atoms with Crippen LogP contribution in [0.4, 0.5) is 4.79 Å². The summed E-state index contributed by atoms with van der Waals surface area (Å²) in [6.07, 6.45) is 0.730. The number of amides is 1. The second-order valence-corrected chi connectivity index (χ2v) is 6.17. The molecule has 1 aliphatic heterocycles. The van der Waals surface area contributed by atoms with E-state index in [0.717, 1.165) is 0 Å². The number of carbonyl (C=O) groups excluding carboxylic acids is 1. The lowest BCUT2D eigenvalue weighted by Gasteiger charge is -2.37. The zero-order valence-corrected chi connectivity index (χ0v) is 12.7. The summed E-state index contributed by atoms with van der Waals surface area (Å²) in [4.78, 5) is 13.9. The molecule has 1 aromatic rings. The molecular weight excluding hydrogens is 274 g/mol. The molecule has 6 nitrogen and oxygen atoms in total. The first kappa shape index (κ1) is 15.9. The Morgan fingerprint density at radius 3 is 2.95 bits per heavy atom. The summed E-state index contributed by atoms with van der Waals surface area (Å²) in [5.74, 6) is 0.490. The van der Waals surface area contributed by atoms with E-state index in [1.165, 1.54) is 6.26 Å². The van der Waals surface area contributed by atoms with Crippen molar-refractivity contribution in [3.63, 3.8) is 0 Å². The Morgan fingerprint density at radius 1 is 1.57 bits per heavy atom. The molecule has 6 heteroatoms. The quantitative estimate of drug-likeness (QED) is 0.927. The maximum Gasteiger partial charge on any atom is 0.410 e. The van der Waals surface area contributed by atoms with Crippen molar-refractivity contribution in [3.8, 4) is 0 Å². The highest BCUT2D eigenvalue weighted by Gasteiger charge is 2.33. The van der Waals surface area contributed by atoms with Crippen molar-refractivity contribution in [3.05, 3.63) is 24.2 Å². The van der Waals surface area contributed by atoms with E-state index in [0.29, 0.717) is 31.9 Å². The molecule has 1 fully saturated rings. The first-order valence-corrected chi connectivity index (χ1v) is 7.15. The molecule has 1 aromatic heterocycles. The monoisotopic (exact) mass is 297 g/mol. The average Bonchev–Trinajstić information content (AvgIpc) is 2.91. The van der Waals surface area contributed by atoms with Crippen LogP contribution in [0.5, 0.6) is 0 Å². The molecular formula is C15H23NO5. The Hall–Kier alpha value is -1.53. The largest absolute Gasteiger partial charge is 0.467 e. The number of aliphatic hydroxyl groups is 1. The molecule has 1 saturated heterocycles. The number of aliphatic hydroxyl groups excluding tert-OH is 1. The molecule has 2 heterocycles. The Labute approximate surface area is 124 Å². The van der Waals surface area contributed by atoms with E-state index in [2.05, 4.69) is 0 Å². The van der Waals surface area contributed by atoms with Gasteiger partial charge in [-0.25, -0.2) is 4.79 Å². The molecule has 1 N–H and O–H groups in total. The third-order valence-electron chi connectivity index (χ3n) is 3.22. The lowest BCUT2D eigenvalue weighted by atomic mass is 10.1. The smallest absolute Gasteiger partial charge is 0.410 e. The van der Waals surface area contributed by atoms with Gasteiger partial charge in [0.2, 0.25) is 0 Å². The van der Waals surface area contributed by atoms with Crippen LogP contribution in [-0.4, -0.2) is 47.5 Å². The summed E-state index contributed by atoms with van der Waals surface area (Å²) >= 11 is 0. The second kappa shape index (κ2) is 6.49. The van der Waals surface area contributed by atoms with E-state index >= 15 is 0 Å². The lowest BCUT2D eigenvalue weighted by molar-refractivity contribution is -0.0444. The minimum atomic E-state index is -0.767. The van der Waals surface area contributed by atoms with E-state index in [-0.39, 0.29) is 12.1 Å². The number of hydrogen-bond donors (Lipinski definition) is 1. The fourth-order valence-corrected chi connectivity index (χ4v) is 2.27. The Kier molecular flexibility index (Phi) is 4.90. The molecule has 21 heavy (non-hydrogen) atoms. The van der Waals surface area contributed by atoms with Gasteiger partial charge in [0.15, 0.2) is 0 Å². The third-order valence-corrected chi connectivity index (χ3v) is 3.22. The van der Waals surface area contributed by atoms with Gasteiger partial charge < -0.3 is 23.9 Å². The number of furan rings is 1. The van der Waals surface area contributed by atoms with Gasteiger partial charge in [-0.2, -0.15) is 0 Å². The van der Waals surface area contributed by atoms with Crippen LogP contribution in [-0.2, 0) is 9.47 Å². The van der Waals surface area contributed by atoms with Crippen molar-refractivity contribution in [1.29, 1.82) is 0 Å². The van der Waals surface area contributed by atoms with Crippen LogP contribution in [0.2, 0.25) is 0 Å². The molecule has 0 spiro atoms. The topological polar surface area (TPSA) is 72.1 Å². The summed E-state index contributed by atoms with van der Waals surface area (Å²) < 4.78 is 16.0. The average molecular weight is 297 g/mol. The summed E-state index contributed by atoms with van der Waals surface area (Å²) in [6.45, 7) is 6.82. The lowest BCUT2D eigenvalue weighted by Crippen LogP contribution is -2.50. The Bertz CT molecular complexity index is 451. The second-order valence-electron chi connectivity index (χ2n) is 6.17. The predicted molar refractivity (Wildman–Crippen MR) is 75.8 cm³/mol. The highest BCUT2D eigenvalue weighted by molar-refractivity contribution is 5.68. The number of nitrogens with zero attached hydrogens (tertiary/aromatic N) is 1. The van der Waals surface area contributed by atoms with E-state index in [1.807, 2.05) is 20.8 Å². The van der Waals surface area contributed by atoms with E-state index < -0.39 is 11.7 Å². The van der Waals surface area contributed by atoms with E-state index in [9.17, 15) is 9.90 Å². The van der Waals surface area contributed by atoms with Crippen LogP contribution in [0.25, 0.3) is 0 Å². The van der Waals surface area contributed by atoms with Gasteiger partial charge in [0.1, 0.15) is 17.5 Å². The normalized spacial score (nSPS) is 21.1. The molecule has 0 aromatic carbocycles. The van der Waals surface area contributed by atoms with Crippen molar-refractivity contribution in [2.24, 2.45) is 0 Å². The summed E-state index contributed by atoms with van der Waals surface area (Å²) in [6, 6.07) is 3.21. The molecule has 0 radical (unpaired) electrons. The van der Waals surface area contributed by atoms with Crippen molar-refractivity contribution in [2.75, 3.05) is 19.8 Å². The molecule has 2 unspecified atom stereocenters. The highest BCUT2D eigenvalue weighted by atomic mass is 16.6. The maximum atomic E-state index is 12.2. The minimum absolute atomic E-state index is 0.228. The zero-order valence-electron chi connectivity index (χ0n) is 12.7. The van der Waals surface area contributed by atoms with Crippen LogP contribution in [0.3, 0.4) is 0 Å². The number of ether oxygens (including phenoxy) is 2. The predicted octanol–water partition coefficient (Wildman–Crippen LogP) is 2.34. The van der Waals surface area contributed by atoms with Gasteiger partial charge in [-0.05, 0) is 32.9 Å². The van der Waals surface area contributed by atoms with Crippen LogP contribution < -0.4 is 0 Å². The fourth-order valence-electron chi connectivity index (χ4n) is 2.27. The van der Waals surface area contributed by atoms with Gasteiger partial charge in [-0.1, -0.05) is 0 Å². The zero-order chi connectivity index (χ0) is 15.5. The third kappa shape index (κ3) is 4.47. The van der Waals surface area contributed by atoms with Gasteiger partial charge in [0.05, 0.1) is 25.5 Å². The summed E-state index contributed by atoms with van der Waals surface area (Å²) in [5.41, 5.74) is -0.542. The van der Waals surface area contributed by atoms with Gasteiger partial charge in [-0.15, -0.1) is 0 Å². The Morgan fingerprint density at radius 2 is 2.33 bits per heavy atom. The van der Waals surface area contributed by atoms with Gasteiger partial charge in [-0.3, -0.25) is 0 Å². The molecule has 118 valence electrons. The van der Waals surface area contributed by atoms with Crippen LogP contribution >= 0.6 is 0 Å². The van der Waals surface area contributed by atoms with Gasteiger partial charge >= 0.3 is 6.09 Å². The maximum absolute atomic E-state index is 12.2. The fraction of sp³-hybridized carbons (Fsp3) is 0.667. The molecule has 1 amide bonds. The van der Waals surface area contributed by atoms with Crippen molar-refractivity contribution in [2.45, 2.75) is 44.9 Å².